The molecule has 0 unspecified atom stereocenters. The molecule has 0 aliphatic heterocycles. The van der Waals surface area contributed by atoms with Gasteiger partial charge in [0.2, 0.25) is 0 Å². The van der Waals surface area contributed by atoms with Gasteiger partial charge in [0, 0.05) is 9.17 Å². The van der Waals surface area contributed by atoms with Crippen LogP contribution in [0.15, 0.2) is 57.8 Å². The standard InChI is InChI=1S/C17H9BrN2OS/c18-13-5-3-4-11(9-13)8-12(10-19)17-20-16(21)14-6-1-2-7-15(14)22-17/h1-9H. The van der Waals surface area contributed by atoms with Crippen LogP contribution in [0.2, 0.25) is 0 Å². The van der Waals surface area contributed by atoms with E-state index in [1.807, 2.05) is 36.4 Å². The summed E-state index contributed by atoms with van der Waals surface area (Å²) in [6, 6.07) is 17.0. The first-order valence-electron chi connectivity index (χ1n) is 6.45. The maximum atomic E-state index is 12.1. The third-order valence-electron chi connectivity index (χ3n) is 3.04. The van der Waals surface area contributed by atoms with Crippen LogP contribution >= 0.6 is 27.3 Å². The molecule has 0 spiro atoms. The molecule has 106 valence electrons. The van der Waals surface area contributed by atoms with Gasteiger partial charge in [0.25, 0.3) is 5.56 Å². The van der Waals surface area contributed by atoms with Gasteiger partial charge in [-0.15, -0.1) is 11.3 Å². The van der Waals surface area contributed by atoms with E-state index in [-0.39, 0.29) is 5.56 Å². The second-order valence-corrected chi connectivity index (χ2v) is 6.49. The molecule has 0 N–H and O–H groups in total. The summed E-state index contributed by atoms with van der Waals surface area (Å²) in [4.78, 5) is 16.1. The molecule has 0 aliphatic carbocycles. The molecule has 0 aliphatic rings. The first-order chi connectivity index (χ1) is 10.7. The van der Waals surface area contributed by atoms with Crippen molar-refractivity contribution in [2.24, 2.45) is 0 Å². The maximum Gasteiger partial charge on any atom is 0.279 e. The first kappa shape index (κ1) is 14.6. The Morgan fingerprint density at radius 1 is 1.23 bits per heavy atom. The molecule has 1 heterocycles. The lowest BCUT2D eigenvalue weighted by Gasteiger charge is -2.01. The SMILES string of the molecule is N#CC(=Cc1cccc(Br)c1)c1nc(=O)c2ccccc2s1. The topological polar surface area (TPSA) is 53.8 Å². The van der Waals surface area contributed by atoms with Gasteiger partial charge in [-0.25, -0.2) is 0 Å². The van der Waals surface area contributed by atoms with Gasteiger partial charge in [-0.1, -0.05) is 40.2 Å². The lowest BCUT2D eigenvalue weighted by molar-refractivity contribution is 1.28. The van der Waals surface area contributed by atoms with Crippen molar-refractivity contribution in [1.29, 1.82) is 5.26 Å². The zero-order valence-electron chi connectivity index (χ0n) is 11.3. The Bertz CT molecular complexity index is 986. The van der Waals surface area contributed by atoms with E-state index in [1.54, 1.807) is 18.2 Å². The van der Waals surface area contributed by atoms with Gasteiger partial charge in [-0.3, -0.25) is 4.79 Å². The molecule has 5 heteroatoms. The Morgan fingerprint density at radius 3 is 2.82 bits per heavy atom. The first-order valence-corrected chi connectivity index (χ1v) is 8.06. The highest BCUT2D eigenvalue weighted by molar-refractivity contribution is 9.10. The van der Waals surface area contributed by atoms with Crippen LogP contribution < -0.4 is 5.56 Å². The molecule has 1 aromatic heterocycles. The van der Waals surface area contributed by atoms with Crippen LogP contribution in [0, 0.1) is 11.3 Å². The van der Waals surface area contributed by atoms with E-state index in [1.165, 1.54) is 11.3 Å². The Labute approximate surface area is 139 Å². The molecule has 0 radical (unpaired) electrons. The molecule has 0 atom stereocenters. The molecule has 2 aromatic carbocycles. The molecule has 3 nitrogen and oxygen atoms in total. The minimum atomic E-state index is -0.306. The van der Waals surface area contributed by atoms with E-state index in [0.29, 0.717) is 16.0 Å². The fourth-order valence-corrected chi connectivity index (χ4v) is 3.41. The molecule has 0 saturated heterocycles. The van der Waals surface area contributed by atoms with E-state index < -0.39 is 0 Å². The summed E-state index contributed by atoms with van der Waals surface area (Å²) in [6.45, 7) is 0. The number of allylic oxidation sites excluding steroid dienone is 1. The van der Waals surface area contributed by atoms with Crippen molar-refractivity contribution in [2.45, 2.75) is 0 Å². The average molecular weight is 369 g/mol. The fourth-order valence-electron chi connectivity index (χ4n) is 2.03. The molecule has 3 aromatic rings. The third kappa shape index (κ3) is 2.98. The van der Waals surface area contributed by atoms with Gasteiger partial charge in [0.05, 0.1) is 11.0 Å². The number of benzene rings is 2. The summed E-state index contributed by atoms with van der Waals surface area (Å²) in [5, 5.41) is 10.4. The summed E-state index contributed by atoms with van der Waals surface area (Å²) >= 11 is 4.74. The van der Waals surface area contributed by atoms with Crippen molar-refractivity contribution in [3.8, 4) is 6.07 Å². The number of hydrogen-bond donors (Lipinski definition) is 0. The Hall–Kier alpha value is -2.29. The number of rotatable bonds is 2. The van der Waals surface area contributed by atoms with Crippen molar-refractivity contribution in [3.63, 3.8) is 0 Å². The molecule has 22 heavy (non-hydrogen) atoms. The summed E-state index contributed by atoms with van der Waals surface area (Å²) in [5.41, 5.74) is 0.950. The van der Waals surface area contributed by atoms with Crippen LogP contribution in [0.3, 0.4) is 0 Å². The van der Waals surface area contributed by atoms with Crippen molar-refractivity contribution in [1.82, 2.24) is 4.98 Å². The molecule has 0 fully saturated rings. The predicted octanol–water partition coefficient (Wildman–Crippen LogP) is 4.48. The number of fused-ring (bicyclic) bond motifs is 1. The molecule has 0 saturated carbocycles. The average Bonchev–Trinajstić information content (AvgIpc) is 2.52. The summed E-state index contributed by atoms with van der Waals surface area (Å²) < 4.78 is 1.76. The predicted molar refractivity (Wildman–Crippen MR) is 93.5 cm³/mol. The maximum absolute atomic E-state index is 12.1. The number of nitrogens with zero attached hydrogens (tertiary/aromatic N) is 2. The Kier molecular flexibility index (Phi) is 4.14. The summed E-state index contributed by atoms with van der Waals surface area (Å²) in [7, 11) is 0. The van der Waals surface area contributed by atoms with Gasteiger partial charge in [-0.2, -0.15) is 10.2 Å². The highest BCUT2D eigenvalue weighted by atomic mass is 79.9. The van der Waals surface area contributed by atoms with Crippen molar-refractivity contribution >= 4 is 49.0 Å². The van der Waals surface area contributed by atoms with Gasteiger partial charge < -0.3 is 0 Å². The van der Waals surface area contributed by atoms with Crippen LogP contribution in [0.25, 0.3) is 21.7 Å². The number of aromatic nitrogens is 1. The molecular weight excluding hydrogens is 360 g/mol. The van der Waals surface area contributed by atoms with E-state index in [2.05, 4.69) is 27.0 Å². The normalized spacial score (nSPS) is 11.4. The lowest BCUT2D eigenvalue weighted by Crippen LogP contribution is -2.07. The van der Waals surface area contributed by atoms with E-state index in [0.717, 1.165) is 14.7 Å². The Balaban J connectivity index is 2.16. The van der Waals surface area contributed by atoms with Crippen molar-refractivity contribution in [2.75, 3.05) is 0 Å². The van der Waals surface area contributed by atoms with Crippen LogP contribution in [-0.4, -0.2) is 4.98 Å². The van der Waals surface area contributed by atoms with Gasteiger partial charge in [-0.05, 0) is 35.9 Å². The second-order valence-electron chi connectivity index (χ2n) is 4.55. The number of nitriles is 1. The number of hydrogen-bond acceptors (Lipinski definition) is 4. The van der Waals surface area contributed by atoms with Crippen LogP contribution in [0.1, 0.15) is 10.6 Å². The van der Waals surface area contributed by atoms with E-state index >= 15 is 0 Å². The summed E-state index contributed by atoms with van der Waals surface area (Å²) in [5.74, 6) is 0. The van der Waals surface area contributed by atoms with E-state index in [4.69, 9.17) is 0 Å². The van der Waals surface area contributed by atoms with Crippen LogP contribution in [-0.2, 0) is 0 Å². The lowest BCUT2D eigenvalue weighted by atomic mass is 10.1. The van der Waals surface area contributed by atoms with Crippen LogP contribution in [0.5, 0.6) is 0 Å². The molecule has 0 amide bonds. The quantitative estimate of drug-likeness (QED) is 0.626. The largest absolute Gasteiger partial charge is 0.279 e. The monoisotopic (exact) mass is 368 g/mol. The number of halogens is 1. The minimum Gasteiger partial charge on any atom is -0.267 e. The molecule has 0 bridgehead atoms. The fraction of sp³-hybridized carbons (Fsp3) is 0. The highest BCUT2D eigenvalue weighted by Crippen LogP contribution is 2.24. The Morgan fingerprint density at radius 2 is 2.05 bits per heavy atom. The second kappa shape index (κ2) is 6.22. The smallest absolute Gasteiger partial charge is 0.267 e. The zero-order valence-corrected chi connectivity index (χ0v) is 13.7. The van der Waals surface area contributed by atoms with Crippen molar-refractivity contribution < 1.29 is 0 Å². The summed E-state index contributed by atoms with van der Waals surface area (Å²) in [6.07, 6.45) is 1.73. The minimum absolute atomic E-state index is 0.306. The highest BCUT2D eigenvalue weighted by Gasteiger charge is 2.09. The third-order valence-corrected chi connectivity index (χ3v) is 4.61. The van der Waals surface area contributed by atoms with E-state index in [9.17, 15) is 10.1 Å². The van der Waals surface area contributed by atoms with Gasteiger partial charge in [0.1, 0.15) is 11.1 Å². The van der Waals surface area contributed by atoms with Gasteiger partial charge in [0.15, 0.2) is 0 Å². The molecule has 3 rings (SSSR count). The van der Waals surface area contributed by atoms with Gasteiger partial charge >= 0.3 is 0 Å². The zero-order chi connectivity index (χ0) is 15.5. The molecular formula is C17H9BrN2OS. The van der Waals surface area contributed by atoms with Crippen molar-refractivity contribution in [3.05, 3.63) is 73.9 Å². The van der Waals surface area contributed by atoms with Crippen LogP contribution in [0.4, 0.5) is 0 Å².